The third-order valence-corrected chi connectivity index (χ3v) is 1.86. The van der Waals surface area contributed by atoms with Crippen LogP contribution >= 0.6 is 0 Å². The Balaban J connectivity index is 2.32. The van der Waals surface area contributed by atoms with Gasteiger partial charge in [-0.3, -0.25) is 4.98 Å². The van der Waals surface area contributed by atoms with Crippen molar-refractivity contribution in [2.24, 2.45) is 5.92 Å². The molecule has 0 amide bonds. The van der Waals surface area contributed by atoms with Gasteiger partial charge in [0, 0.05) is 12.4 Å². The standard InChI is InChI=1S/C11H18N2O/c1-9(2)8-14-13-10(3)11-5-4-6-12-7-11/h4-7,9-10,13H,8H2,1-3H3. The smallest absolute Gasteiger partial charge is 0.0705 e. The first kappa shape index (κ1) is 11.1. The van der Waals surface area contributed by atoms with Crippen LogP contribution in [0.5, 0.6) is 0 Å². The molecule has 0 saturated heterocycles. The molecule has 0 aliphatic heterocycles. The summed E-state index contributed by atoms with van der Waals surface area (Å²) in [4.78, 5) is 9.39. The number of rotatable bonds is 5. The molecule has 0 spiro atoms. The van der Waals surface area contributed by atoms with Gasteiger partial charge in [-0.1, -0.05) is 19.9 Å². The van der Waals surface area contributed by atoms with Gasteiger partial charge in [0.15, 0.2) is 0 Å². The molecular weight excluding hydrogens is 176 g/mol. The van der Waals surface area contributed by atoms with Crippen LogP contribution in [0.1, 0.15) is 32.4 Å². The highest BCUT2D eigenvalue weighted by molar-refractivity contribution is 5.11. The molecule has 0 aliphatic carbocycles. The Labute approximate surface area is 85.5 Å². The number of nitrogens with zero attached hydrogens (tertiary/aromatic N) is 1. The van der Waals surface area contributed by atoms with Crippen LogP contribution in [0.15, 0.2) is 24.5 Å². The van der Waals surface area contributed by atoms with E-state index in [9.17, 15) is 0 Å². The van der Waals surface area contributed by atoms with Crippen molar-refractivity contribution in [3.63, 3.8) is 0 Å². The number of pyridine rings is 1. The van der Waals surface area contributed by atoms with Crippen molar-refractivity contribution in [1.29, 1.82) is 0 Å². The van der Waals surface area contributed by atoms with E-state index in [0.29, 0.717) is 5.92 Å². The summed E-state index contributed by atoms with van der Waals surface area (Å²) < 4.78 is 0. The first-order chi connectivity index (χ1) is 6.70. The fourth-order valence-electron chi connectivity index (χ4n) is 1.04. The molecule has 0 bridgehead atoms. The molecule has 1 aromatic heterocycles. The Morgan fingerprint density at radius 3 is 2.79 bits per heavy atom. The van der Waals surface area contributed by atoms with Gasteiger partial charge in [-0.25, -0.2) is 0 Å². The quantitative estimate of drug-likeness (QED) is 0.730. The monoisotopic (exact) mass is 194 g/mol. The van der Waals surface area contributed by atoms with Crippen LogP contribution < -0.4 is 5.48 Å². The molecule has 0 aromatic carbocycles. The lowest BCUT2D eigenvalue weighted by Gasteiger charge is -2.14. The summed E-state index contributed by atoms with van der Waals surface area (Å²) >= 11 is 0. The van der Waals surface area contributed by atoms with E-state index in [1.54, 1.807) is 6.20 Å². The fourth-order valence-corrected chi connectivity index (χ4v) is 1.04. The molecule has 1 atom stereocenters. The van der Waals surface area contributed by atoms with Gasteiger partial charge in [-0.05, 0) is 24.5 Å². The average Bonchev–Trinajstić information content (AvgIpc) is 2.18. The van der Waals surface area contributed by atoms with Crippen LogP contribution in [-0.2, 0) is 4.84 Å². The van der Waals surface area contributed by atoms with E-state index in [1.807, 2.05) is 18.3 Å². The summed E-state index contributed by atoms with van der Waals surface area (Å²) in [5, 5.41) is 0. The minimum absolute atomic E-state index is 0.183. The second-order valence-corrected chi connectivity index (χ2v) is 3.83. The maximum atomic E-state index is 5.33. The minimum Gasteiger partial charge on any atom is -0.301 e. The predicted octanol–water partition coefficient (Wildman–Crippen LogP) is 2.32. The zero-order chi connectivity index (χ0) is 10.4. The molecule has 0 fully saturated rings. The van der Waals surface area contributed by atoms with E-state index in [-0.39, 0.29) is 6.04 Å². The molecule has 1 N–H and O–H groups in total. The number of hydroxylamine groups is 1. The Hall–Kier alpha value is -0.930. The summed E-state index contributed by atoms with van der Waals surface area (Å²) in [5.74, 6) is 0.545. The second kappa shape index (κ2) is 5.73. The molecule has 0 aliphatic rings. The second-order valence-electron chi connectivity index (χ2n) is 3.83. The summed E-state index contributed by atoms with van der Waals surface area (Å²) in [6, 6.07) is 4.14. The molecule has 1 unspecified atom stereocenters. The molecule has 1 heterocycles. The Bertz CT molecular complexity index is 249. The lowest BCUT2D eigenvalue weighted by atomic mass is 10.2. The van der Waals surface area contributed by atoms with Gasteiger partial charge in [0.25, 0.3) is 0 Å². The van der Waals surface area contributed by atoms with Crippen LogP contribution in [0.4, 0.5) is 0 Å². The van der Waals surface area contributed by atoms with E-state index >= 15 is 0 Å². The number of nitrogens with one attached hydrogen (secondary N) is 1. The lowest BCUT2D eigenvalue weighted by molar-refractivity contribution is 0.00403. The van der Waals surface area contributed by atoms with Crippen LogP contribution in [0, 0.1) is 5.92 Å². The molecule has 1 aromatic rings. The summed E-state index contributed by atoms with van der Waals surface area (Å²) in [6.07, 6.45) is 3.61. The van der Waals surface area contributed by atoms with Gasteiger partial charge in [0.1, 0.15) is 0 Å². The molecule has 1 rings (SSSR count). The number of aromatic nitrogens is 1. The molecule has 3 nitrogen and oxygen atoms in total. The summed E-state index contributed by atoms with van der Waals surface area (Å²) in [5.41, 5.74) is 4.13. The SMILES string of the molecule is CC(C)CONC(C)c1cccnc1. The zero-order valence-electron chi connectivity index (χ0n) is 9.03. The number of hydrogen-bond donors (Lipinski definition) is 1. The van der Waals surface area contributed by atoms with Gasteiger partial charge >= 0.3 is 0 Å². The third kappa shape index (κ3) is 3.85. The predicted molar refractivity (Wildman–Crippen MR) is 56.6 cm³/mol. The largest absolute Gasteiger partial charge is 0.301 e. The highest BCUT2D eigenvalue weighted by Crippen LogP contribution is 2.09. The van der Waals surface area contributed by atoms with Gasteiger partial charge in [0.2, 0.25) is 0 Å². The zero-order valence-corrected chi connectivity index (χ0v) is 9.03. The first-order valence-electron chi connectivity index (χ1n) is 4.97. The van der Waals surface area contributed by atoms with E-state index in [2.05, 4.69) is 31.2 Å². The van der Waals surface area contributed by atoms with Crippen LogP contribution in [0.2, 0.25) is 0 Å². The Kier molecular flexibility index (Phi) is 4.56. The molecule has 14 heavy (non-hydrogen) atoms. The normalized spacial score (nSPS) is 13.1. The average molecular weight is 194 g/mol. The molecule has 0 saturated carbocycles. The Morgan fingerprint density at radius 1 is 1.43 bits per heavy atom. The first-order valence-corrected chi connectivity index (χ1v) is 4.97. The third-order valence-electron chi connectivity index (χ3n) is 1.86. The van der Waals surface area contributed by atoms with E-state index in [1.165, 1.54) is 0 Å². The van der Waals surface area contributed by atoms with Crippen molar-refractivity contribution in [2.45, 2.75) is 26.8 Å². The topological polar surface area (TPSA) is 34.1 Å². The molecule has 0 radical (unpaired) electrons. The van der Waals surface area contributed by atoms with Crippen molar-refractivity contribution in [3.05, 3.63) is 30.1 Å². The van der Waals surface area contributed by atoms with Crippen LogP contribution in [0.25, 0.3) is 0 Å². The van der Waals surface area contributed by atoms with Gasteiger partial charge < -0.3 is 4.84 Å². The highest BCUT2D eigenvalue weighted by Gasteiger charge is 2.04. The van der Waals surface area contributed by atoms with Crippen molar-refractivity contribution in [1.82, 2.24) is 10.5 Å². The molecule has 3 heteroatoms. The van der Waals surface area contributed by atoms with Crippen molar-refractivity contribution >= 4 is 0 Å². The van der Waals surface area contributed by atoms with Crippen molar-refractivity contribution in [2.75, 3.05) is 6.61 Å². The summed E-state index contributed by atoms with van der Waals surface area (Å²) in [7, 11) is 0. The van der Waals surface area contributed by atoms with Crippen molar-refractivity contribution in [3.8, 4) is 0 Å². The van der Waals surface area contributed by atoms with Gasteiger partial charge in [-0.2, -0.15) is 5.48 Å². The summed E-state index contributed by atoms with van der Waals surface area (Å²) in [6.45, 7) is 7.02. The van der Waals surface area contributed by atoms with E-state index in [0.717, 1.165) is 12.2 Å². The van der Waals surface area contributed by atoms with Crippen LogP contribution in [0.3, 0.4) is 0 Å². The van der Waals surface area contributed by atoms with E-state index in [4.69, 9.17) is 4.84 Å². The highest BCUT2D eigenvalue weighted by atomic mass is 16.6. The van der Waals surface area contributed by atoms with Crippen LogP contribution in [-0.4, -0.2) is 11.6 Å². The maximum Gasteiger partial charge on any atom is 0.0705 e. The van der Waals surface area contributed by atoms with Gasteiger partial charge in [0.05, 0.1) is 12.6 Å². The van der Waals surface area contributed by atoms with Gasteiger partial charge in [-0.15, -0.1) is 0 Å². The fraction of sp³-hybridized carbons (Fsp3) is 0.545. The maximum absolute atomic E-state index is 5.33. The molecular formula is C11H18N2O. The molecule has 78 valence electrons. The minimum atomic E-state index is 0.183. The van der Waals surface area contributed by atoms with Crippen molar-refractivity contribution < 1.29 is 4.84 Å². The van der Waals surface area contributed by atoms with E-state index < -0.39 is 0 Å². The number of hydrogen-bond acceptors (Lipinski definition) is 3. The Morgan fingerprint density at radius 2 is 2.21 bits per heavy atom. The lowest BCUT2D eigenvalue weighted by Crippen LogP contribution is -2.21.